The first-order chi connectivity index (χ1) is 17.3. The number of nitrogens with one attached hydrogen (secondary N) is 1. The van der Waals surface area contributed by atoms with Crippen LogP contribution in [0.3, 0.4) is 0 Å². The fourth-order valence-corrected chi connectivity index (χ4v) is 4.55. The van der Waals surface area contributed by atoms with Gasteiger partial charge in [0.15, 0.2) is 0 Å². The van der Waals surface area contributed by atoms with Crippen molar-refractivity contribution in [2.75, 3.05) is 6.54 Å². The highest BCUT2D eigenvalue weighted by Crippen LogP contribution is 2.37. The van der Waals surface area contributed by atoms with Gasteiger partial charge >= 0.3 is 5.97 Å². The van der Waals surface area contributed by atoms with Crippen LogP contribution in [0.15, 0.2) is 75.4 Å². The Hall–Kier alpha value is -3.28. The molecule has 0 heterocycles. The van der Waals surface area contributed by atoms with E-state index < -0.39 is 5.97 Å². The van der Waals surface area contributed by atoms with E-state index in [2.05, 4.69) is 53.1 Å². The second kappa shape index (κ2) is 15.0. The molecule has 0 unspecified atom stereocenters. The summed E-state index contributed by atoms with van der Waals surface area (Å²) in [5.41, 5.74) is 5.32. The average Bonchev–Trinajstić information content (AvgIpc) is 2.84. The molecule has 1 fully saturated rings. The summed E-state index contributed by atoms with van der Waals surface area (Å²) in [6, 6.07) is 8.74. The van der Waals surface area contributed by atoms with Crippen LogP contribution in [0.5, 0.6) is 0 Å². The molecule has 1 aliphatic rings. The molecule has 0 spiro atoms. The zero-order chi connectivity index (χ0) is 26.5. The van der Waals surface area contributed by atoms with Crippen LogP contribution < -0.4 is 5.32 Å². The van der Waals surface area contributed by atoms with Crippen molar-refractivity contribution in [3.8, 4) is 0 Å². The molecule has 2 rings (SSSR count). The van der Waals surface area contributed by atoms with Crippen LogP contribution in [0.1, 0.15) is 90.2 Å². The number of hydrogen-bond donors (Lipinski definition) is 2. The van der Waals surface area contributed by atoms with Gasteiger partial charge in [-0.1, -0.05) is 43.8 Å². The number of benzene rings is 1. The van der Waals surface area contributed by atoms with Gasteiger partial charge in [-0.15, -0.1) is 0 Å². The topological polar surface area (TPSA) is 86.4 Å². The third-order valence-electron chi connectivity index (χ3n) is 6.49. The van der Waals surface area contributed by atoms with E-state index in [0.717, 1.165) is 54.6 Å². The highest BCUT2D eigenvalue weighted by atomic mass is 16.4. The van der Waals surface area contributed by atoms with Gasteiger partial charge < -0.3 is 10.4 Å². The molecule has 1 saturated carbocycles. The van der Waals surface area contributed by atoms with Crippen molar-refractivity contribution in [3.05, 3.63) is 71.6 Å². The quantitative estimate of drug-likeness (QED) is 0.209. The van der Waals surface area contributed by atoms with E-state index in [1.807, 2.05) is 40.0 Å². The maximum absolute atomic E-state index is 11.0. The van der Waals surface area contributed by atoms with Crippen LogP contribution in [0.25, 0.3) is 0 Å². The minimum atomic E-state index is -0.680. The van der Waals surface area contributed by atoms with E-state index in [1.54, 1.807) is 6.08 Å². The zero-order valence-corrected chi connectivity index (χ0v) is 22.6. The van der Waals surface area contributed by atoms with Crippen LogP contribution in [-0.2, 0) is 4.79 Å². The molecule has 1 aromatic carbocycles. The van der Waals surface area contributed by atoms with Crippen molar-refractivity contribution in [2.24, 2.45) is 20.9 Å². The number of aliphatic imine (C=N–C) groups is 3. The predicted octanol–water partition coefficient (Wildman–Crippen LogP) is 7.05. The maximum atomic E-state index is 11.0. The van der Waals surface area contributed by atoms with Crippen molar-refractivity contribution in [1.29, 1.82) is 0 Å². The fourth-order valence-electron chi connectivity index (χ4n) is 4.55. The zero-order valence-electron chi connectivity index (χ0n) is 22.6. The van der Waals surface area contributed by atoms with Gasteiger partial charge in [0.1, 0.15) is 11.7 Å². The van der Waals surface area contributed by atoms with Gasteiger partial charge in [-0.3, -0.25) is 14.8 Å². The number of allylic oxidation sites excluding steroid dienone is 3. The number of carboxylic acid groups (broad SMARTS) is 1. The molecule has 0 bridgehead atoms. The SMILES string of the molecule is C=C/C=C(\C)NC(=NC(C)=NCC)/C(C)=C/N=C(CC)c1ccc(C2CCC(CC(=O)O)CC2)cc1. The molecule has 0 aliphatic heterocycles. The molecular formula is C30H42N4O2. The molecule has 1 aliphatic carbocycles. The Morgan fingerprint density at radius 1 is 1.11 bits per heavy atom. The van der Waals surface area contributed by atoms with Gasteiger partial charge in [-0.2, -0.15) is 0 Å². The summed E-state index contributed by atoms with van der Waals surface area (Å²) in [7, 11) is 0. The molecule has 0 atom stereocenters. The first-order valence-electron chi connectivity index (χ1n) is 13.0. The van der Waals surface area contributed by atoms with Crippen molar-refractivity contribution in [2.45, 2.75) is 79.1 Å². The van der Waals surface area contributed by atoms with E-state index in [-0.39, 0.29) is 0 Å². The minimum Gasteiger partial charge on any atom is -0.481 e. The summed E-state index contributed by atoms with van der Waals surface area (Å²) in [6.07, 6.45) is 10.7. The average molecular weight is 491 g/mol. The summed E-state index contributed by atoms with van der Waals surface area (Å²) in [4.78, 5) is 24.9. The number of aliphatic carboxylic acids is 1. The van der Waals surface area contributed by atoms with E-state index in [0.29, 0.717) is 36.5 Å². The Labute approximate surface area is 216 Å². The van der Waals surface area contributed by atoms with Crippen molar-refractivity contribution in [1.82, 2.24) is 5.32 Å². The van der Waals surface area contributed by atoms with Gasteiger partial charge in [0, 0.05) is 36.1 Å². The maximum Gasteiger partial charge on any atom is 0.303 e. The molecule has 0 radical (unpaired) electrons. The van der Waals surface area contributed by atoms with E-state index in [1.165, 1.54) is 5.56 Å². The second-order valence-electron chi connectivity index (χ2n) is 9.37. The lowest BCUT2D eigenvalue weighted by molar-refractivity contribution is -0.138. The molecule has 0 saturated heterocycles. The van der Waals surface area contributed by atoms with Gasteiger partial charge in [-0.25, -0.2) is 4.99 Å². The monoisotopic (exact) mass is 490 g/mol. The van der Waals surface area contributed by atoms with Crippen LogP contribution >= 0.6 is 0 Å². The number of hydrogen-bond acceptors (Lipinski definition) is 3. The second-order valence-corrected chi connectivity index (χ2v) is 9.37. The summed E-state index contributed by atoms with van der Waals surface area (Å²) < 4.78 is 0. The van der Waals surface area contributed by atoms with Gasteiger partial charge in [0.05, 0.1) is 0 Å². The molecular weight excluding hydrogens is 448 g/mol. The molecule has 6 heteroatoms. The highest BCUT2D eigenvalue weighted by Gasteiger charge is 2.24. The summed E-state index contributed by atoms with van der Waals surface area (Å²) in [5.74, 6) is 1.58. The van der Waals surface area contributed by atoms with Crippen molar-refractivity contribution in [3.63, 3.8) is 0 Å². The Morgan fingerprint density at radius 2 is 1.78 bits per heavy atom. The van der Waals surface area contributed by atoms with E-state index in [4.69, 9.17) is 10.1 Å². The molecule has 6 nitrogen and oxygen atoms in total. The largest absolute Gasteiger partial charge is 0.481 e. The van der Waals surface area contributed by atoms with Crippen LogP contribution in [0.4, 0.5) is 0 Å². The third-order valence-corrected chi connectivity index (χ3v) is 6.49. The van der Waals surface area contributed by atoms with Gasteiger partial charge in [-0.05, 0) is 88.8 Å². The van der Waals surface area contributed by atoms with E-state index in [9.17, 15) is 4.79 Å². The number of carbonyl (C=O) groups is 1. The molecule has 0 amide bonds. The van der Waals surface area contributed by atoms with E-state index >= 15 is 0 Å². The van der Waals surface area contributed by atoms with Crippen molar-refractivity contribution < 1.29 is 9.90 Å². The Kier molecular flexibility index (Phi) is 12.0. The first-order valence-corrected chi connectivity index (χ1v) is 13.0. The Bertz CT molecular complexity index is 1040. The summed E-state index contributed by atoms with van der Waals surface area (Å²) in [5, 5.41) is 12.4. The molecule has 2 N–H and O–H groups in total. The number of amidine groups is 2. The molecule has 36 heavy (non-hydrogen) atoms. The minimum absolute atomic E-state index is 0.298. The Morgan fingerprint density at radius 3 is 2.33 bits per heavy atom. The number of carboxylic acids is 1. The van der Waals surface area contributed by atoms with Gasteiger partial charge in [0.25, 0.3) is 0 Å². The summed E-state index contributed by atoms with van der Waals surface area (Å²) in [6.45, 7) is 14.4. The lowest BCUT2D eigenvalue weighted by Crippen LogP contribution is -2.23. The lowest BCUT2D eigenvalue weighted by atomic mass is 9.77. The van der Waals surface area contributed by atoms with Gasteiger partial charge in [0.2, 0.25) is 0 Å². The summed E-state index contributed by atoms with van der Waals surface area (Å²) >= 11 is 0. The number of rotatable bonds is 10. The third kappa shape index (κ3) is 9.40. The molecule has 194 valence electrons. The van der Waals surface area contributed by atoms with Crippen molar-refractivity contribution >= 4 is 23.4 Å². The number of nitrogens with zero attached hydrogens (tertiary/aromatic N) is 3. The molecule has 0 aromatic heterocycles. The molecule has 1 aromatic rings. The standard InChI is InChI=1S/C30H42N4O2/c1-7-10-22(5)33-30(34-23(6)31-9-3)21(4)20-32-28(8-2)27-17-15-26(16-18-27)25-13-11-24(12-14-25)19-29(35)36/h7,10,15-18,20,24-25H,1,8-9,11-14,19H2,2-6H3,(H,35,36)(H,31,33,34)/b21-20+,22-10+,32-28?. The highest BCUT2D eigenvalue weighted by molar-refractivity contribution is 6.06. The Balaban J connectivity index is 2.18. The van der Waals surface area contributed by atoms with Crippen LogP contribution in [0.2, 0.25) is 0 Å². The fraction of sp³-hybridized carbons (Fsp3) is 0.467. The smallest absolute Gasteiger partial charge is 0.303 e. The van der Waals surface area contributed by atoms with Crippen LogP contribution in [0, 0.1) is 5.92 Å². The lowest BCUT2D eigenvalue weighted by Gasteiger charge is -2.28. The normalized spacial score (nSPS) is 20.3. The predicted molar refractivity (Wildman–Crippen MR) is 152 cm³/mol. The first kappa shape index (κ1) is 29.0. The van der Waals surface area contributed by atoms with Crippen LogP contribution in [-0.4, -0.2) is 35.0 Å².